The summed E-state index contributed by atoms with van der Waals surface area (Å²) in [5.74, 6) is -0.494. The summed E-state index contributed by atoms with van der Waals surface area (Å²) in [7, 11) is 0. The van der Waals surface area contributed by atoms with E-state index in [1.165, 1.54) is 6.92 Å². The van der Waals surface area contributed by atoms with E-state index < -0.39 is 5.41 Å². The zero-order valence-electron chi connectivity index (χ0n) is 13.3. The number of aryl methyl sites for hydroxylation is 1. The van der Waals surface area contributed by atoms with Gasteiger partial charge < -0.3 is 15.7 Å². The number of aromatic hydroxyl groups is 1. The first-order valence-electron chi connectivity index (χ1n) is 6.38. The molecule has 0 fully saturated rings. The van der Waals surface area contributed by atoms with Gasteiger partial charge >= 0.3 is 0 Å². The SMILES string of the molecule is CC(=O)Nc1c(C)[c-]c(NC(=O)C(C)(C)C)c(C)c1O.[Y]. The normalized spacial score (nSPS) is 10.6. The maximum atomic E-state index is 12.0. The van der Waals surface area contributed by atoms with Crippen molar-refractivity contribution < 1.29 is 47.4 Å². The van der Waals surface area contributed by atoms with Crippen molar-refractivity contribution in [3.63, 3.8) is 0 Å². The van der Waals surface area contributed by atoms with Gasteiger partial charge in [-0.05, 0) is 5.69 Å². The fourth-order valence-electron chi connectivity index (χ4n) is 1.58. The van der Waals surface area contributed by atoms with Crippen LogP contribution in [0.3, 0.4) is 0 Å². The van der Waals surface area contributed by atoms with Gasteiger partial charge in [-0.2, -0.15) is 6.07 Å². The number of amides is 2. The Kier molecular flexibility index (Phi) is 7.04. The molecule has 2 amide bonds. The van der Waals surface area contributed by atoms with Crippen molar-refractivity contribution in [2.24, 2.45) is 5.41 Å². The van der Waals surface area contributed by atoms with Crippen LogP contribution < -0.4 is 10.6 Å². The van der Waals surface area contributed by atoms with Gasteiger partial charge in [-0.3, -0.25) is 9.59 Å². The molecule has 113 valence electrons. The molecule has 0 aromatic heterocycles. The van der Waals surface area contributed by atoms with E-state index in [1.807, 2.05) is 0 Å². The molecule has 0 atom stereocenters. The molecule has 1 aromatic carbocycles. The number of hydrogen-bond donors (Lipinski definition) is 3. The van der Waals surface area contributed by atoms with Gasteiger partial charge in [0.2, 0.25) is 11.8 Å². The number of hydrogen-bond acceptors (Lipinski definition) is 3. The van der Waals surface area contributed by atoms with Gasteiger partial charge in [0.25, 0.3) is 0 Å². The Morgan fingerprint density at radius 2 is 1.67 bits per heavy atom. The summed E-state index contributed by atoms with van der Waals surface area (Å²) in [6, 6.07) is 2.99. The van der Waals surface area contributed by atoms with E-state index >= 15 is 0 Å². The van der Waals surface area contributed by atoms with Crippen LogP contribution >= 0.6 is 0 Å². The number of rotatable bonds is 2. The molecule has 6 heteroatoms. The number of phenols is 1. The molecule has 0 saturated heterocycles. The standard InChI is InChI=1S/C15H21N2O3.Y/c1-8-7-11(17-14(20)15(4,5)6)9(2)13(19)12(8)16-10(3)18;/h19H,1-6H3,(H,16,18)(H,17,20);/q-1;. The smallest absolute Gasteiger partial charge is 0.227 e. The molecule has 0 aliphatic heterocycles. The van der Waals surface area contributed by atoms with Gasteiger partial charge in [0, 0.05) is 50.8 Å². The van der Waals surface area contributed by atoms with Crippen molar-refractivity contribution >= 4 is 23.2 Å². The monoisotopic (exact) mass is 366 g/mol. The predicted molar refractivity (Wildman–Crippen MR) is 78.8 cm³/mol. The van der Waals surface area contributed by atoms with Crippen LogP contribution in [0.4, 0.5) is 11.4 Å². The Morgan fingerprint density at radius 1 is 1.14 bits per heavy atom. The van der Waals surface area contributed by atoms with Gasteiger partial charge in [-0.1, -0.05) is 45.9 Å². The molecule has 0 aliphatic rings. The van der Waals surface area contributed by atoms with Crippen LogP contribution in [-0.2, 0) is 42.3 Å². The Hall–Kier alpha value is -0.936. The molecule has 1 aromatic rings. The third-order valence-corrected chi connectivity index (χ3v) is 2.88. The molecular weight excluding hydrogens is 345 g/mol. The van der Waals surface area contributed by atoms with Gasteiger partial charge in [-0.25, -0.2) is 0 Å². The number of benzene rings is 1. The molecule has 0 saturated carbocycles. The minimum absolute atomic E-state index is 0. The number of carbonyl (C=O) groups excluding carboxylic acids is 2. The van der Waals surface area contributed by atoms with E-state index in [9.17, 15) is 14.7 Å². The molecule has 0 unspecified atom stereocenters. The summed E-state index contributed by atoms with van der Waals surface area (Å²) < 4.78 is 0. The number of anilines is 2. The number of nitrogens with one attached hydrogen (secondary N) is 2. The van der Waals surface area contributed by atoms with Crippen LogP contribution in [-0.4, -0.2) is 16.9 Å². The largest absolute Gasteiger partial charge is 0.531 e. The van der Waals surface area contributed by atoms with E-state index in [0.29, 0.717) is 22.5 Å². The van der Waals surface area contributed by atoms with Crippen LogP contribution in [0.25, 0.3) is 0 Å². The van der Waals surface area contributed by atoms with Crippen LogP contribution in [0.2, 0.25) is 0 Å². The topological polar surface area (TPSA) is 78.4 Å². The maximum absolute atomic E-state index is 12.0. The number of carbonyl (C=O) groups is 2. The fourth-order valence-corrected chi connectivity index (χ4v) is 1.58. The van der Waals surface area contributed by atoms with Crippen LogP contribution in [0.5, 0.6) is 5.75 Å². The van der Waals surface area contributed by atoms with E-state index in [1.54, 1.807) is 34.6 Å². The van der Waals surface area contributed by atoms with E-state index in [0.717, 1.165) is 0 Å². The molecule has 5 nitrogen and oxygen atoms in total. The fraction of sp³-hybridized carbons (Fsp3) is 0.467. The van der Waals surface area contributed by atoms with E-state index in [-0.39, 0.29) is 50.3 Å². The average molecular weight is 366 g/mol. The first-order valence-corrected chi connectivity index (χ1v) is 6.38. The van der Waals surface area contributed by atoms with Crippen LogP contribution in [0.15, 0.2) is 0 Å². The Bertz CT molecular complexity index is 563. The molecule has 0 bridgehead atoms. The minimum Gasteiger partial charge on any atom is -0.531 e. The third-order valence-electron chi connectivity index (χ3n) is 2.88. The average Bonchev–Trinajstić information content (AvgIpc) is 2.29. The molecule has 1 rings (SSSR count). The first kappa shape index (κ1) is 20.1. The van der Waals surface area contributed by atoms with Crippen molar-refractivity contribution in [3.05, 3.63) is 17.2 Å². The molecule has 1 radical (unpaired) electrons. The second kappa shape index (κ2) is 7.36. The van der Waals surface area contributed by atoms with Crippen molar-refractivity contribution in [2.45, 2.75) is 41.5 Å². The van der Waals surface area contributed by atoms with Crippen LogP contribution in [0.1, 0.15) is 38.8 Å². The first-order chi connectivity index (χ1) is 9.04. The summed E-state index contributed by atoms with van der Waals surface area (Å²) in [6.07, 6.45) is 0. The second-order valence-electron chi connectivity index (χ2n) is 5.86. The summed E-state index contributed by atoms with van der Waals surface area (Å²) in [5.41, 5.74) is 1.24. The van der Waals surface area contributed by atoms with Gasteiger partial charge in [0.1, 0.15) is 0 Å². The van der Waals surface area contributed by atoms with E-state index in [2.05, 4.69) is 16.7 Å². The molecule has 0 heterocycles. The number of phenolic OH excluding ortho intramolecular Hbond substituents is 1. The quantitative estimate of drug-likeness (QED) is 0.556. The molecule has 21 heavy (non-hydrogen) atoms. The van der Waals surface area contributed by atoms with E-state index in [4.69, 9.17) is 0 Å². The Labute approximate surface area is 150 Å². The van der Waals surface area contributed by atoms with Crippen molar-refractivity contribution in [3.8, 4) is 5.75 Å². The molecular formula is C15H21N2O3Y-. The van der Waals surface area contributed by atoms with Crippen molar-refractivity contribution in [2.75, 3.05) is 10.6 Å². The Balaban J connectivity index is 0.00000400. The Morgan fingerprint density at radius 3 is 2.10 bits per heavy atom. The molecule has 0 aliphatic carbocycles. The zero-order valence-corrected chi connectivity index (χ0v) is 16.2. The molecule has 0 spiro atoms. The zero-order chi connectivity index (χ0) is 15.7. The summed E-state index contributed by atoms with van der Waals surface area (Å²) in [5, 5.41) is 15.4. The van der Waals surface area contributed by atoms with Crippen molar-refractivity contribution in [1.82, 2.24) is 0 Å². The maximum Gasteiger partial charge on any atom is 0.227 e. The summed E-state index contributed by atoms with van der Waals surface area (Å²) in [4.78, 5) is 23.1. The van der Waals surface area contributed by atoms with Crippen molar-refractivity contribution in [1.29, 1.82) is 0 Å². The minimum atomic E-state index is -0.542. The predicted octanol–water partition coefficient (Wildman–Crippen LogP) is 2.75. The molecule has 3 N–H and O–H groups in total. The summed E-state index contributed by atoms with van der Waals surface area (Å²) >= 11 is 0. The van der Waals surface area contributed by atoms with Gasteiger partial charge in [0.05, 0.1) is 0 Å². The van der Waals surface area contributed by atoms with Gasteiger partial charge in [0.15, 0.2) is 0 Å². The second-order valence-corrected chi connectivity index (χ2v) is 5.86. The van der Waals surface area contributed by atoms with Crippen LogP contribution in [0, 0.1) is 25.3 Å². The summed E-state index contributed by atoms with van der Waals surface area (Å²) in [6.45, 7) is 10.1. The third kappa shape index (κ3) is 5.08. The van der Waals surface area contributed by atoms with Gasteiger partial charge in [-0.15, -0.1) is 5.56 Å².